The van der Waals surface area contributed by atoms with Gasteiger partial charge in [0.15, 0.2) is 5.78 Å². The number of phenols is 1. The number of phenolic OH excluding ortho intramolecular Hbond substituents is 1. The normalized spacial score (nSPS) is 21.4. The summed E-state index contributed by atoms with van der Waals surface area (Å²) in [5.74, 6) is 1.05. The van der Waals surface area contributed by atoms with Crippen LogP contribution in [0.3, 0.4) is 0 Å². The maximum absolute atomic E-state index is 12.1. The number of fused-ring (bicyclic) bond motifs is 3. The van der Waals surface area contributed by atoms with Crippen LogP contribution in [0.2, 0.25) is 0 Å². The SMILES string of the molecule is CCC(=O)c1cc(C)c2c3c(cc(O)c2c1)C(C)CC3C(C)Cl. The average molecular weight is 331 g/mol. The number of ketones is 1. The summed E-state index contributed by atoms with van der Waals surface area (Å²) in [4.78, 5) is 12.1. The van der Waals surface area contributed by atoms with E-state index in [1.54, 1.807) is 0 Å². The van der Waals surface area contributed by atoms with Crippen molar-refractivity contribution in [1.82, 2.24) is 0 Å². The molecule has 0 bridgehead atoms. The number of benzene rings is 2. The highest BCUT2D eigenvalue weighted by Gasteiger charge is 2.34. The Morgan fingerprint density at radius 1 is 1.39 bits per heavy atom. The summed E-state index contributed by atoms with van der Waals surface area (Å²) in [6.45, 7) is 8.11. The van der Waals surface area contributed by atoms with Gasteiger partial charge >= 0.3 is 0 Å². The molecule has 2 aromatic rings. The molecule has 3 heteroatoms. The van der Waals surface area contributed by atoms with Crippen LogP contribution in [0.1, 0.15) is 72.5 Å². The molecule has 1 aliphatic carbocycles. The van der Waals surface area contributed by atoms with Crippen molar-refractivity contribution in [2.45, 2.75) is 57.7 Å². The van der Waals surface area contributed by atoms with Crippen LogP contribution < -0.4 is 0 Å². The third kappa shape index (κ3) is 2.53. The maximum Gasteiger partial charge on any atom is 0.162 e. The van der Waals surface area contributed by atoms with Gasteiger partial charge in [-0.2, -0.15) is 0 Å². The molecule has 2 nitrogen and oxygen atoms in total. The number of hydrogen-bond donors (Lipinski definition) is 1. The van der Waals surface area contributed by atoms with Gasteiger partial charge in [0.2, 0.25) is 0 Å². The van der Waals surface area contributed by atoms with Crippen molar-refractivity contribution in [3.63, 3.8) is 0 Å². The Balaban J connectivity index is 2.36. The molecule has 1 aliphatic rings. The number of aryl methyl sites for hydroxylation is 1. The summed E-state index contributed by atoms with van der Waals surface area (Å²) in [7, 11) is 0. The van der Waals surface area contributed by atoms with Crippen molar-refractivity contribution in [3.8, 4) is 5.75 Å². The number of hydrogen-bond acceptors (Lipinski definition) is 2. The number of carbonyl (C=O) groups is 1. The van der Waals surface area contributed by atoms with E-state index in [0.717, 1.165) is 22.8 Å². The Kier molecular flexibility index (Phi) is 4.14. The van der Waals surface area contributed by atoms with E-state index >= 15 is 0 Å². The van der Waals surface area contributed by atoms with Crippen LogP contribution in [-0.2, 0) is 0 Å². The van der Waals surface area contributed by atoms with Crippen molar-refractivity contribution in [3.05, 3.63) is 40.5 Å². The highest BCUT2D eigenvalue weighted by molar-refractivity contribution is 6.21. The largest absolute Gasteiger partial charge is 0.507 e. The van der Waals surface area contributed by atoms with E-state index in [-0.39, 0.29) is 22.8 Å². The minimum atomic E-state index is 0.0443. The minimum Gasteiger partial charge on any atom is -0.507 e. The summed E-state index contributed by atoms with van der Waals surface area (Å²) in [5, 5.41) is 12.4. The van der Waals surface area contributed by atoms with E-state index < -0.39 is 0 Å². The Morgan fingerprint density at radius 2 is 2.09 bits per heavy atom. The highest BCUT2D eigenvalue weighted by Crippen LogP contribution is 2.50. The molecule has 23 heavy (non-hydrogen) atoms. The van der Waals surface area contributed by atoms with Crippen LogP contribution in [0.15, 0.2) is 18.2 Å². The summed E-state index contributed by atoms with van der Waals surface area (Å²) in [6, 6.07) is 5.66. The zero-order chi connectivity index (χ0) is 16.9. The van der Waals surface area contributed by atoms with Gasteiger partial charge in [0.25, 0.3) is 0 Å². The molecule has 0 fully saturated rings. The summed E-state index contributed by atoms with van der Waals surface area (Å²) >= 11 is 6.46. The van der Waals surface area contributed by atoms with Gasteiger partial charge in [-0.15, -0.1) is 11.6 Å². The van der Waals surface area contributed by atoms with Crippen LogP contribution in [0.25, 0.3) is 10.8 Å². The van der Waals surface area contributed by atoms with E-state index in [1.165, 1.54) is 11.1 Å². The van der Waals surface area contributed by atoms with Gasteiger partial charge in [-0.3, -0.25) is 4.79 Å². The van der Waals surface area contributed by atoms with Gasteiger partial charge in [-0.05, 0) is 66.5 Å². The maximum atomic E-state index is 12.1. The van der Waals surface area contributed by atoms with E-state index in [4.69, 9.17) is 11.6 Å². The van der Waals surface area contributed by atoms with Gasteiger partial charge in [0.05, 0.1) is 0 Å². The molecule has 0 spiro atoms. The van der Waals surface area contributed by atoms with Crippen molar-refractivity contribution >= 4 is 28.2 Å². The fourth-order valence-electron chi connectivity index (χ4n) is 4.01. The number of Topliss-reactive ketones (excluding diaryl/α,β-unsaturated/α-hetero) is 1. The first-order valence-electron chi connectivity index (χ1n) is 8.32. The molecule has 0 aromatic heterocycles. The van der Waals surface area contributed by atoms with Crippen molar-refractivity contribution < 1.29 is 9.90 Å². The molecule has 3 unspecified atom stereocenters. The van der Waals surface area contributed by atoms with Gasteiger partial charge in [0, 0.05) is 28.7 Å². The van der Waals surface area contributed by atoms with Crippen LogP contribution >= 0.6 is 11.6 Å². The second-order valence-corrected chi connectivity index (χ2v) is 7.50. The van der Waals surface area contributed by atoms with Crippen LogP contribution in [0.5, 0.6) is 5.75 Å². The molecule has 0 heterocycles. The van der Waals surface area contributed by atoms with Crippen molar-refractivity contribution in [2.24, 2.45) is 0 Å². The molecule has 0 saturated carbocycles. The number of alkyl halides is 1. The van der Waals surface area contributed by atoms with Crippen LogP contribution in [-0.4, -0.2) is 16.3 Å². The summed E-state index contributed by atoms with van der Waals surface area (Å²) < 4.78 is 0. The lowest BCUT2D eigenvalue weighted by atomic mass is 9.88. The highest BCUT2D eigenvalue weighted by atomic mass is 35.5. The number of carbonyl (C=O) groups excluding carboxylic acids is 1. The lowest BCUT2D eigenvalue weighted by Crippen LogP contribution is -2.07. The lowest BCUT2D eigenvalue weighted by molar-refractivity contribution is 0.0988. The summed E-state index contributed by atoms with van der Waals surface area (Å²) in [6.07, 6.45) is 1.47. The Morgan fingerprint density at radius 3 is 2.70 bits per heavy atom. The number of halogens is 1. The first-order valence-corrected chi connectivity index (χ1v) is 8.76. The monoisotopic (exact) mass is 330 g/mol. The zero-order valence-electron chi connectivity index (χ0n) is 14.1. The predicted molar refractivity (Wildman–Crippen MR) is 96.1 cm³/mol. The molecular weight excluding hydrogens is 308 g/mol. The first kappa shape index (κ1) is 16.3. The van der Waals surface area contributed by atoms with Gasteiger partial charge in [0.1, 0.15) is 5.75 Å². The molecule has 0 saturated heterocycles. The number of rotatable bonds is 3. The lowest BCUT2D eigenvalue weighted by Gasteiger charge is -2.19. The quantitative estimate of drug-likeness (QED) is 0.582. The molecule has 3 rings (SSSR count). The Labute approximate surface area is 142 Å². The minimum absolute atomic E-state index is 0.0443. The Hall–Kier alpha value is -1.54. The second kappa shape index (κ2) is 5.83. The third-order valence-corrected chi connectivity index (χ3v) is 5.49. The first-order chi connectivity index (χ1) is 10.8. The van der Waals surface area contributed by atoms with Crippen molar-refractivity contribution in [1.29, 1.82) is 0 Å². The molecule has 122 valence electrons. The average Bonchev–Trinajstić information content (AvgIpc) is 2.83. The van der Waals surface area contributed by atoms with Gasteiger partial charge in [-0.25, -0.2) is 0 Å². The van der Waals surface area contributed by atoms with E-state index in [1.807, 2.05) is 39.0 Å². The zero-order valence-corrected chi connectivity index (χ0v) is 14.9. The Bertz CT molecular complexity index is 792. The van der Waals surface area contributed by atoms with E-state index in [2.05, 4.69) is 6.92 Å². The van der Waals surface area contributed by atoms with Gasteiger partial charge < -0.3 is 5.11 Å². The molecule has 0 radical (unpaired) electrons. The molecule has 3 atom stereocenters. The molecular formula is C20H23ClO2. The van der Waals surface area contributed by atoms with E-state index in [0.29, 0.717) is 17.9 Å². The predicted octanol–water partition coefficient (Wildman–Crippen LogP) is 5.66. The fourth-order valence-corrected chi connectivity index (χ4v) is 4.24. The fraction of sp³-hybridized carbons (Fsp3) is 0.450. The van der Waals surface area contributed by atoms with Crippen LogP contribution in [0.4, 0.5) is 0 Å². The second-order valence-electron chi connectivity index (χ2n) is 6.81. The molecule has 1 N–H and O–H groups in total. The third-order valence-electron chi connectivity index (χ3n) is 5.19. The molecule has 2 aromatic carbocycles. The number of aromatic hydroxyl groups is 1. The van der Waals surface area contributed by atoms with E-state index in [9.17, 15) is 9.90 Å². The van der Waals surface area contributed by atoms with Gasteiger partial charge in [-0.1, -0.05) is 13.8 Å². The smallest absolute Gasteiger partial charge is 0.162 e. The standard InChI is InChI=1S/C20H23ClO2/c1-5-17(22)13-6-11(3)19-16(8-13)18(23)9-14-10(2)7-15(12(4)21)20(14)19/h6,8-10,12,15,23H,5,7H2,1-4H3. The van der Waals surface area contributed by atoms with Crippen molar-refractivity contribution in [2.75, 3.05) is 0 Å². The summed E-state index contributed by atoms with van der Waals surface area (Å²) in [5.41, 5.74) is 4.18. The van der Waals surface area contributed by atoms with Crippen LogP contribution in [0, 0.1) is 6.92 Å². The molecule has 0 aliphatic heterocycles. The topological polar surface area (TPSA) is 37.3 Å². The molecule has 0 amide bonds.